The van der Waals surface area contributed by atoms with E-state index in [1.54, 1.807) is 7.05 Å². The van der Waals surface area contributed by atoms with Crippen molar-refractivity contribution >= 4 is 5.91 Å². The Kier molecular flexibility index (Phi) is 4.78. The van der Waals surface area contributed by atoms with Crippen LogP contribution in [0.15, 0.2) is 16.7 Å². The molecule has 1 aromatic rings. The van der Waals surface area contributed by atoms with Crippen LogP contribution in [0.3, 0.4) is 0 Å². The maximum absolute atomic E-state index is 11.5. The summed E-state index contributed by atoms with van der Waals surface area (Å²) in [6, 6.07) is 3.05. The van der Waals surface area contributed by atoms with E-state index in [2.05, 4.69) is 35.4 Å². The highest BCUT2D eigenvalue weighted by atomic mass is 16.3. The first-order chi connectivity index (χ1) is 11.0. The number of rotatable bonds is 4. The normalized spacial score (nSPS) is 25.1. The number of furan rings is 1. The van der Waals surface area contributed by atoms with E-state index in [1.165, 1.54) is 5.56 Å². The van der Waals surface area contributed by atoms with Gasteiger partial charge < -0.3 is 15.1 Å². The zero-order valence-electron chi connectivity index (χ0n) is 14.5. The molecule has 1 amide bonds. The number of fused-ring (bicyclic) bond motifs is 1. The molecule has 0 radical (unpaired) electrons. The Labute approximate surface area is 138 Å². The van der Waals surface area contributed by atoms with E-state index >= 15 is 0 Å². The summed E-state index contributed by atoms with van der Waals surface area (Å²) in [5, 5.41) is 6.56. The van der Waals surface area contributed by atoms with Gasteiger partial charge in [-0.2, -0.15) is 0 Å². The fraction of sp³-hybridized carbons (Fsp3) is 0.722. The molecule has 5 heteroatoms. The average molecular weight is 319 g/mol. The zero-order chi connectivity index (χ0) is 16.4. The van der Waals surface area contributed by atoms with Gasteiger partial charge in [0, 0.05) is 44.2 Å². The second-order valence-corrected chi connectivity index (χ2v) is 7.79. The van der Waals surface area contributed by atoms with Crippen LogP contribution in [-0.2, 0) is 11.2 Å². The third kappa shape index (κ3) is 3.96. The van der Waals surface area contributed by atoms with Gasteiger partial charge in [0.15, 0.2) is 0 Å². The molecule has 3 rings (SSSR count). The van der Waals surface area contributed by atoms with Crippen molar-refractivity contribution in [2.45, 2.75) is 51.6 Å². The molecule has 2 heterocycles. The first-order valence-corrected chi connectivity index (χ1v) is 8.72. The van der Waals surface area contributed by atoms with Crippen molar-refractivity contribution in [3.63, 3.8) is 0 Å². The molecule has 1 atom stereocenters. The van der Waals surface area contributed by atoms with Gasteiger partial charge >= 0.3 is 0 Å². The molecule has 2 N–H and O–H groups in total. The molecule has 1 aliphatic heterocycles. The first-order valence-electron chi connectivity index (χ1n) is 8.72. The van der Waals surface area contributed by atoms with Gasteiger partial charge in [0.05, 0.1) is 12.8 Å². The van der Waals surface area contributed by atoms with Crippen molar-refractivity contribution in [1.29, 1.82) is 0 Å². The highest BCUT2D eigenvalue weighted by molar-refractivity contribution is 5.77. The van der Waals surface area contributed by atoms with Crippen LogP contribution in [0.2, 0.25) is 0 Å². The molecule has 1 aromatic heterocycles. The lowest BCUT2D eigenvalue weighted by molar-refractivity contribution is -0.122. The summed E-state index contributed by atoms with van der Waals surface area (Å²) in [5.41, 5.74) is 1.62. The summed E-state index contributed by atoms with van der Waals surface area (Å²) in [6.45, 7) is 7.13. The number of nitrogens with one attached hydrogen (secondary N) is 2. The summed E-state index contributed by atoms with van der Waals surface area (Å²) in [4.78, 5) is 13.7. The maximum atomic E-state index is 11.5. The number of likely N-dealkylation sites (N-methyl/N-ethyl adjacent to an activating group) is 1. The molecule has 1 fully saturated rings. The molecule has 1 saturated heterocycles. The number of carbonyl (C=O) groups is 1. The zero-order valence-corrected chi connectivity index (χ0v) is 14.5. The fourth-order valence-corrected chi connectivity index (χ4v) is 3.95. The van der Waals surface area contributed by atoms with Gasteiger partial charge in [-0.25, -0.2) is 0 Å². The average Bonchev–Trinajstić information content (AvgIpc) is 2.96. The third-order valence-electron chi connectivity index (χ3n) is 5.22. The van der Waals surface area contributed by atoms with Crippen LogP contribution < -0.4 is 10.6 Å². The van der Waals surface area contributed by atoms with Gasteiger partial charge in [0.25, 0.3) is 0 Å². The monoisotopic (exact) mass is 319 g/mol. The molecule has 0 saturated carbocycles. The number of hydrogen-bond donors (Lipinski definition) is 2. The summed E-state index contributed by atoms with van der Waals surface area (Å²) in [5.74, 6) is 1.25. The van der Waals surface area contributed by atoms with Crippen LogP contribution in [0.4, 0.5) is 0 Å². The number of amides is 1. The first kappa shape index (κ1) is 16.5. The van der Waals surface area contributed by atoms with Crippen LogP contribution in [0.25, 0.3) is 0 Å². The molecular formula is C18H29N3O2. The topological polar surface area (TPSA) is 57.5 Å². The Hall–Kier alpha value is -1.33. The summed E-state index contributed by atoms with van der Waals surface area (Å²) < 4.78 is 5.69. The van der Waals surface area contributed by atoms with E-state index in [-0.39, 0.29) is 11.3 Å². The quantitative estimate of drug-likeness (QED) is 0.892. The number of carbonyl (C=O) groups excluding carboxylic acids is 1. The molecule has 0 unspecified atom stereocenters. The predicted molar refractivity (Wildman–Crippen MR) is 90.2 cm³/mol. The van der Waals surface area contributed by atoms with Crippen molar-refractivity contribution in [2.75, 3.05) is 26.7 Å². The molecule has 2 aliphatic rings. The number of piperidine rings is 1. The van der Waals surface area contributed by atoms with Gasteiger partial charge in [-0.3, -0.25) is 9.69 Å². The van der Waals surface area contributed by atoms with Gasteiger partial charge in [-0.05, 0) is 30.7 Å². The van der Waals surface area contributed by atoms with Crippen LogP contribution in [0.5, 0.6) is 0 Å². The third-order valence-corrected chi connectivity index (χ3v) is 5.22. The minimum Gasteiger partial charge on any atom is -0.469 e. The number of nitrogens with zero attached hydrogens (tertiary/aromatic N) is 1. The van der Waals surface area contributed by atoms with Crippen LogP contribution in [0.1, 0.15) is 50.5 Å². The Bertz CT molecular complexity index is 544. The highest BCUT2D eigenvalue weighted by Gasteiger charge is 2.35. The van der Waals surface area contributed by atoms with Crippen molar-refractivity contribution in [3.8, 4) is 0 Å². The maximum Gasteiger partial charge on any atom is 0.233 e. The lowest BCUT2D eigenvalue weighted by Gasteiger charge is -2.39. The Balaban J connectivity index is 1.56. The van der Waals surface area contributed by atoms with Gasteiger partial charge in [0.2, 0.25) is 5.91 Å². The highest BCUT2D eigenvalue weighted by Crippen LogP contribution is 2.41. The lowest BCUT2D eigenvalue weighted by atomic mass is 9.74. The molecule has 0 aromatic carbocycles. The Morgan fingerprint density at radius 1 is 1.39 bits per heavy atom. The number of hydrogen-bond acceptors (Lipinski definition) is 4. The Morgan fingerprint density at radius 2 is 2.13 bits per heavy atom. The minimum atomic E-state index is 0.105. The molecule has 0 bridgehead atoms. The SMILES string of the molecule is CNC(=O)CN1CCC(N[C@@H]2CC(C)(C)Cc3occc32)CC1. The fourth-order valence-electron chi connectivity index (χ4n) is 3.95. The van der Waals surface area contributed by atoms with E-state index in [0.717, 1.165) is 44.5 Å². The Morgan fingerprint density at radius 3 is 2.83 bits per heavy atom. The van der Waals surface area contributed by atoms with Gasteiger partial charge in [0.1, 0.15) is 5.76 Å². The molecule has 23 heavy (non-hydrogen) atoms. The van der Waals surface area contributed by atoms with Crippen LogP contribution in [0, 0.1) is 5.41 Å². The van der Waals surface area contributed by atoms with E-state index in [4.69, 9.17) is 4.42 Å². The second-order valence-electron chi connectivity index (χ2n) is 7.79. The van der Waals surface area contributed by atoms with Gasteiger partial charge in [-0.1, -0.05) is 13.8 Å². The van der Waals surface area contributed by atoms with Crippen molar-refractivity contribution in [1.82, 2.24) is 15.5 Å². The van der Waals surface area contributed by atoms with Crippen LogP contribution in [-0.4, -0.2) is 43.5 Å². The molecular weight excluding hydrogens is 290 g/mol. The van der Waals surface area contributed by atoms with E-state index < -0.39 is 0 Å². The smallest absolute Gasteiger partial charge is 0.233 e. The summed E-state index contributed by atoms with van der Waals surface area (Å²) in [7, 11) is 1.70. The van der Waals surface area contributed by atoms with E-state index in [0.29, 0.717) is 18.6 Å². The predicted octanol–water partition coefficient (Wildman–Crippen LogP) is 2.09. The van der Waals surface area contributed by atoms with E-state index in [9.17, 15) is 4.79 Å². The van der Waals surface area contributed by atoms with Crippen molar-refractivity contribution in [2.24, 2.45) is 5.41 Å². The lowest BCUT2D eigenvalue weighted by Crippen LogP contribution is -2.47. The van der Waals surface area contributed by atoms with E-state index in [1.807, 2.05) is 6.26 Å². The minimum absolute atomic E-state index is 0.105. The van der Waals surface area contributed by atoms with Crippen molar-refractivity contribution < 1.29 is 9.21 Å². The largest absolute Gasteiger partial charge is 0.469 e. The summed E-state index contributed by atoms with van der Waals surface area (Å²) in [6.07, 6.45) is 6.20. The van der Waals surface area contributed by atoms with Gasteiger partial charge in [-0.15, -0.1) is 0 Å². The van der Waals surface area contributed by atoms with Crippen molar-refractivity contribution in [3.05, 3.63) is 23.7 Å². The summed E-state index contributed by atoms with van der Waals surface area (Å²) >= 11 is 0. The number of likely N-dealkylation sites (tertiary alicyclic amines) is 1. The standard InChI is InChI=1S/C18H29N3O2/c1-18(2)10-15(14-6-9-23-16(14)11-18)20-13-4-7-21(8-5-13)12-17(22)19-3/h6,9,13,15,20H,4-5,7-8,10-12H2,1-3H3,(H,19,22)/t15-/m1/s1. The molecule has 128 valence electrons. The molecule has 1 aliphatic carbocycles. The van der Waals surface area contributed by atoms with Crippen LogP contribution >= 0.6 is 0 Å². The molecule has 0 spiro atoms. The molecule has 5 nitrogen and oxygen atoms in total. The second kappa shape index (κ2) is 6.65.